The Kier molecular flexibility index (Phi) is 3.83. The highest BCUT2D eigenvalue weighted by atomic mass is 16.4. The number of nitrogens with one attached hydrogen (secondary N) is 1. The molecule has 2 N–H and O–H groups in total. The highest BCUT2D eigenvalue weighted by Crippen LogP contribution is 2.16. The molecule has 0 heterocycles. The third-order valence-corrected chi connectivity index (χ3v) is 2.05. The van der Waals surface area contributed by atoms with Crippen molar-refractivity contribution in [3.8, 4) is 0 Å². The molecule has 0 unspecified atom stereocenters. The summed E-state index contributed by atoms with van der Waals surface area (Å²) in [5.41, 5.74) is 1.55. The first-order valence-corrected chi connectivity index (χ1v) is 4.82. The molecule has 0 saturated heterocycles. The number of carbonyl (C=O) groups is 2. The molecule has 0 atom stereocenters. The third kappa shape index (κ3) is 2.95. The van der Waals surface area contributed by atoms with Crippen molar-refractivity contribution < 1.29 is 14.7 Å². The topological polar surface area (TPSA) is 66.4 Å². The van der Waals surface area contributed by atoms with Crippen LogP contribution in [0.2, 0.25) is 0 Å². The number of allylic oxidation sites excluding steroid dienone is 1. The number of benzene rings is 1. The Hall–Kier alpha value is -2.10. The van der Waals surface area contributed by atoms with Crippen molar-refractivity contribution in [1.82, 2.24) is 0 Å². The van der Waals surface area contributed by atoms with Gasteiger partial charge in [0.05, 0.1) is 5.56 Å². The summed E-state index contributed by atoms with van der Waals surface area (Å²) in [6.45, 7) is 3.50. The number of aromatic carboxylic acids is 1. The maximum Gasteiger partial charge on any atom is 0.335 e. The van der Waals surface area contributed by atoms with Crippen LogP contribution in [0.4, 0.5) is 5.69 Å². The number of hydrogen-bond donors (Lipinski definition) is 2. The summed E-state index contributed by atoms with van der Waals surface area (Å²) in [7, 11) is 0. The number of amides is 1. The van der Waals surface area contributed by atoms with E-state index >= 15 is 0 Å². The second-order valence-corrected chi connectivity index (χ2v) is 3.32. The molecule has 84 valence electrons. The van der Waals surface area contributed by atoms with Crippen molar-refractivity contribution >= 4 is 17.6 Å². The first-order chi connectivity index (χ1) is 7.54. The zero-order chi connectivity index (χ0) is 12.1. The van der Waals surface area contributed by atoms with Crippen LogP contribution in [0.3, 0.4) is 0 Å². The highest BCUT2D eigenvalue weighted by molar-refractivity contribution is 6.00. The summed E-state index contributed by atoms with van der Waals surface area (Å²) in [5.74, 6) is -1.21. The number of carboxylic acids is 1. The van der Waals surface area contributed by atoms with Crippen LogP contribution in [-0.2, 0) is 4.79 Å². The van der Waals surface area contributed by atoms with Crippen LogP contribution in [0.15, 0.2) is 30.4 Å². The van der Waals surface area contributed by atoms with Crippen molar-refractivity contribution in [2.24, 2.45) is 0 Å². The van der Waals surface area contributed by atoms with Crippen molar-refractivity contribution in [2.75, 3.05) is 5.32 Å². The van der Waals surface area contributed by atoms with E-state index in [0.717, 1.165) is 5.56 Å². The molecule has 4 nitrogen and oxygen atoms in total. The van der Waals surface area contributed by atoms with Gasteiger partial charge in [0.2, 0.25) is 5.91 Å². The van der Waals surface area contributed by atoms with Crippen LogP contribution in [0.5, 0.6) is 0 Å². The fourth-order valence-corrected chi connectivity index (χ4v) is 1.26. The monoisotopic (exact) mass is 219 g/mol. The van der Waals surface area contributed by atoms with Gasteiger partial charge in [-0.25, -0.2) is 4.79 Å². The summed E-state index contributed by atoms with van der Waals surface area (Å²) in [6, 6.07) is 4.56. The van der Waals surface area contributed by atoms with E-state index in [0.29, 0.717) is 5.69 Å². The van der Waals surface area contributed by atoms with Crippen LogP contribution in [0, 0.1) is 6.92 Å². The minimum Gasteiger partial charge on any atom is -0.478 e. The number of carboxylic acid groups (broad SMARTS) is 1. The molecule has 0 aliphatic carbocycles. The molecule has 1 aromatic rings. The van der Waals surface area contributed by atoms with Gasteiger partial charge >= 0.3 is 5.97 Å². The summed E-state index contributed by atoms with van der Waals surface area (Å²) >= 11 is 0. The quantitative estimate of drug-likeness (QED) is 0.766. The van der Waals surface area contributed by atoms with Crippen LogP contribution in [0.25, 0.3) is 0 Å². The largest absolute Gasteiger partial charge is 0.478 e. The van der Waals surface area contributed by atoms with Crippen molar-refractivity contribution in [1.29, 1.82) is 0 Å². The van der Waals surface area contributed by atoms with Crippen molar-refractivity contribution in [3.63, 3.8) is 0 Å². The lowest BCUT2D eigenvalue weighted by atomic mass is 10.1. The molecule has 0 fully saturated rings. The van der Waals surface area contributed by atoms with E-state index in [-0.39, 0.29) is 11.5 Å². The zero-order valence-corrected chi connectivity index (χ0v) is 9.15. The molecule has 0 spiro atoms. The Labute approximate surface area is 93.6 Å². The maximum absolute atomic E-state index is 11.3. The molecule has 0 aliphatic heterocycles. The lowest BCUT2D eigenvalue weighted by molar-refractivity contribution is -0.111. The summed E-state index contributed by atoms with van der Waals surface area (Å²) in [5, 5.41) is 11.4. The molecule has 16 heavy (non-hydrogen) atoms. The minimum absolute atomic E-state index is 0.210. The molecule has 4 heteroatoms. The van der Waals surface area contributed by atoms with E-state index in [1.165, 1.54) is 18.2 Å². The van der Waals surface area contributed by atoms with Gasteiger partial charge < -0.3 is 10.4 Å². The number of hydrogen-bond acceptors (Lipinski definition) is 2. The fourth-order valence-electron chi connectivity index (χ4n) is 1.26. The van der Waals surface area contributed by atoms with Gasteiger partial charge in [0, 0.05) is 5.69 Å². The lowest BCUT2D eigenvalue weighted by Gasteiger charge is -2.06. The standard InChI is InChI=1S/C12H13NO3/c1-3-4-11(14)13-10-6-5-9(12(15)16)7-8(10)2/h3-7H,1-2H3,(H,13,14)(H,15,16)/b4-3+. The van der Waals surface area contributed by atoms with Gasteiger partial charge in [-0.1, -0.05) is 6.08 Å². The smallest absolute Gasteiger partial charge is 0.335 e. The van der Waals surface area contributed by atoms with Gasteiger partial charge in [0.15, 0.2) is 0 Å². The zero-order valence-electron chi connectivity index (χ0n) is 9.15. The van der Waals surface area contributed by atoms with Crippen LogP contribution < -0.4 is 5.32 Å². The normalized spacial score (nSPS) is 10.4. The molecular weight excluding hydrogens is 206 g/mol. The summed E-state index contributed by atoms with van der Waals surface area (Å²) in [6.07, 6.45) is 3.04. The Morgan fingerprint density at radius 3 is 2.56 bits per heavy atom. The van der Waals surface area contributed by atoms with Gasteiger partial charge in [-0.15, -0.1) is 0 Å². The highest BCUT2D eigenvalue weighted by Gasteiger charge is 2.06. The second kappa shape index (κ2) is 5.11. The van der Waals surface area contributed by atoms with E-state index in [9.17, 15) is 9.59 Å². The fraction of sp³-hybridized carbons (Fsp3) is 0.167. The Morgan fingerprint density at radius 2 is 2.06 bits per heavy atom. The predicted molar refractivity (Wildman–Crippen MR) is 61.6 cm³/mol. The second-order valence-electron chi connectivity index (χ2n) is 3.32. The minimum atomic E-state index is -0.977. The van der Waals surface area contributed by atoms with Gasteiger partial charge in [0.25, 0.3) is 0 Å². The molecule has 1 amide bonds. The van der Waals surface area contributed by atoms with Crippen LogP contribution in [-0.4, -0.2) is 17.0 Å². The van der Waals surface area contributed by atoms with Crippen LogP contribution in [0.1, 0.15) is 22.8 Å². The van der Waals surface area contributed by atoms with Gasteiger partial charge in [-0.05, 0) is 43.7 Å². The number of anilines is 1. The molecule has 0 aliphatic rings. The average molecular weight is 219 g/mol. The van der Waals surface area contributed by atoms with E-state index in [2.05, 4.69) is 5.32 Å². The molecule has 0 bridgehead atoms. The Balaban J connectivity index is 2.91. The van der Waals surface area contributed by atoms with E-state index < -0.39 is 5.97 Å². The molecule has 1 aromatic carbocycles. The summed E-state index contributed by atoms with van der Waals surface area (Å²) in [4.78, 5) is 22.0. The average Bonchev–Trinajstić information content (AvgIpc) is 2.21. The molecular formula is C12H13NO3. The molecule has 0 aromatic heterocycles. The Bertz CT molecular complexity index is 450. The number of aryl methyl sites for hydroxylation is 1. The SMILES string of the molecule is C/C=C/C(=O)Nc1ccc(C(=O)O)cc1C. The van der Waals surface area contributed by atoms with Gasteiger partial charge in [-0.3, -0.25) is 4.79 Å². The maximum atomic E-state index is 11.3. The third-order valence-electron chi connectivity index (χ3n) is 2.05. The Morgan fingerprint density at radius 1 is 1.38 bits per heavy atom. The first-order valence-electron chi connectivity index (χ1n) is 4.82. The summed E-state index contributed by atoms with van der Waals surface area (Å²) < 4.78 is 0. The van der Waals surface area contributed by atoms with E-state index in [1.807, 2.05) is 0 Å². The van der Waals surface area contributed by atoms with Crippen molar-refractivity contribution in [2.45, 2.75) is 13.8 Å². The predicted octanol–water partition coefficient (Wildman–Crippen LogP) is 2.21. The van der Waals surface area contributed by atoms with Crippen LogP contribution >= 0.6 is 0 Å². The van der Waals surface area contributed by atoms with Crippen molar-refractivity contribution in [3.05, 3.63) is 41.5 Å². The number of carbonyl (C=O) groups excluding carboxylic acids is 1. The van der Waals surface area contributed by atoms with Gasteiger partial charge in [0.1, 0.15) is 0 Å². The molecule has 0 saturated carbocycles. The van der Waals surface area contributed by atoms with E-state index in [4.69, 9.17) is 5.11 Å². The number of rotatable bonds is 3. The molecule has 0 radical (unpaired) electrons. The molecule has 1 rings (SSSR count). The van der Waals surface area contributed by atoms with Gasteiger partial charge in [-0.2, -0.15) is 0 Å². The van der Waals surface area contributed by atoms with E-state index in [1.54, 1.807) is 26.0 Å². The first kappa shape index (κ1) is 12.0. The lowest BCUT2D eigenvalue weighted by Crippen LogP contribution is -2.09.